The Bertz CT molecular complexity index is 1730. The Morgan fingerprint density at radius 1 is 0.870 bits per heavy atom. The summed E-state index contributed by atoms with van der Waals surface area (Å²) < 4.78 is 34.7. The van der Waals surface area contributed by atoms with E-state index in [0.717, 1.165) is 33.0 Å². The van der Waals surface area contributed by atoms with E-state index in [0.29, 0.717) is 12.3 Å². The third-order valence-corrected chi connectivity index (χ3v) is 9.69. The van der Waals surface area contributed by atoms with Crippen molar-refractivity contribution < 1.29 is 22.7 Å². The highest BCUT2D eigenvalue weighted by Crippen LogP contribution is 2.32. The highest BCUT2D eigenvalue weighted by molar-refractivity contribution is 7.92. The standard InChI is InChI=1S/C36H40ClN3O5S/c1-5-21-38-36(42)33(22-28-9-7-6-8-10-28)39(24-29-15-11-26(2)12-16-29)35(41)25-40(30-17-20-34(45-4)32(37)23-30)46(43,44)31-18-13-27(3)14-19-31/h6-20,23,33H,5,21-22,24-25H2,1-4H3,(H,38,42)/t33-/m1/s1. The van der Waals surface area contributed by atoms with Crippen LogP contribution in [0.3, 0.4) is 0 Å². The lowest BCUT2D eigenvalue weighted by Crippen LogP contribution is -2.53. The maximum Gasteiger partial charge on any atom is 0.264 e. The highest BCUT2D eigenvalue weighted by atomic mass is 35.5. The summed E-state index contributed by atoms with van der Waals surface area (Å²) in [4.78, 5) is 29.8. The molecule has 46 heavy (non-hydrogen) atoms. The Morgan fingerprint density at radius 3 is 2.09 bits per heavy atom. The average Bonchev–Trinajstić information content (AvgIpc) is 3.05. The van der Waals surface area contributed by atoms with Gasteiger partial charge in [0.1, 0.15) is 18.3 Å². The predicted molar refractivity (Wildman–Crippen MR) is 183 cm³/mol. The third-order valence-electron chi connectivity index (χ3n) is 7.61. The first kappa shape index (κ1) is 34.5. The zero-order valence-electron chi connectivity index (χ0n) is 26.6. The fourth-order valence-corrected chi connectivity index (χ4v) is 6.64. The van der Waals surface area contributed by atoms with Crippen LogP contribution < -0.4 is 14.4 Å². The van der Waals surface area contributed by atoms with Crippen LogP contribution in [0.25, 0.3) is 0 Å². The molecule has 1 N–H and O–H groups in total. The topological polar surface area (TPSA) is 96.0 Å². The van der Waals surface area contributed by atoms with Gasteiger partial charge in [0, 0.05) is 19.5 Å². The fourth-order valence-electron chi connectivity index (χ4n) is 4.99. The van der Waals surface area contributed by atoms with Crippen LogP contribution in [-0.4, -0.2) is 51.4 Å². The summed E-state index contributed by atoms with van der Waals surface area (Å²) in [5.41, 5.74) is 3.80. The molecule has 4 rings (SSSR count). The number of aryl methyl sites for hydroxylation is 2. The van der Waals surface area contributed by atoms with Crippen LogP contribution in [-0.2, 0) is 32.6 Å². The van der Waals surface area contributed by atoms with Crippen LogP contribution in [0.5, 0.6) is 5.75 Å². The van der Waals surface area contributed by atoms with Gasteiger partial charge in [-0.2, -0.15) is 0 Å². The van der Waals surface area contributed by atoms with Crippen molar-refractivity contribution in [3.8, 4) is 5.75 Å². The number of hydrogen-bond acceptors (Lipinski definition) is 5. The summed E-state index contributed by atoms with van der Waals surface area (Å²) in [6.07, 6.45) is 0.962. The second-order valence-electron chi connectivity index (χ2n) is 11.1. The molecule has 0 aliphatic carbocycles. The van der Waals surface area contributed by atoms with Gasteiger partial charge in [0.2, 0.25) is 11.8 Å². The molecular weight excluding hydrogens is 622 g/mol. The lowest BCUT2D eigenvalue weighted by Gasteiger charge is -2.34. The van der Waals surface area contributed by atoms with Crippen molar-refractivity contribution in [2.45, 2.75) is 51.1 Å². The number of ether oxygens (including phenoxy) is 1. The smallest absolute Gasteiger partial charge is 0.264 e. The number of hydrogen-bond donors (Lipinski definition) is 1. The summed E-state index contributed by atoms with van der Waals surface area (Å²) in [5.74, 6) is -0.497. The van der Waals surface area contributed by atoms with Gasteiger partial charge in [-0.25, -0.2) is 8.42 Å². The monoisotopic (exact) mass is 661 g/mol. The largest absolute Gasteiger partial charge is 0.495 e. The van der Waals surface area contributed by atoms with E-state index in [9.17, 15) is 18.0 Å². The van der Waals surface area contributed by atoms with Crippen molar-refractivity contribution >= 4 is 39.1 Å². The summed E-state index contributed by atoms with van der Waals surface area (Å²) in [7, 11) is -2.78. The number of sulfonamides is 1. The molecule has 0 aliphatic heterocycles. The molecule has 4 aromatic carbocycles. The van der Waals surface area contributed by atoms with E-state index in [2.05, 4.69) is 5.32 Å². The average molecular weight is 662 g/mol. The van der Waals surface area contributed by atoms with E-state index in [1.165, 1.54) is 30.2 Å². The van der Waals surface area contributed by atoms with Crippen molar-refractivity contribution in [2.75, 3.05) is 24.5 Å². The van der Waals surface area contributed by atoms with Crippen molar-refractivity contribution in [2.24, 2.45) is 0 Å². The molecule has 0 spiro atoms. The van der Waals surface area contributed by atoms with E-state index in [1.54, 1.807) is 24.3 Å². The Kier molecular flexibility index (Phi) is 11.8. The van der Waals surface area contributed by atoms with Crippen molar-refractivity contribution in [1.82, 2.24) is 10.2 Å². The lowest BCUT2D eigenvalue weighted by molar-refractivity contribution is -0.140. The van der Waals surface area contributed by atoms with E-state index < -0.39 is 28.5 Å². The number of halogens is 1. The molecular formula is C36H40ClN3O5S. The molecule has 242 valence electrons. The van der Waals surface area contributed by atoms with Gasteiger partial charge in [0.05, 0.1) is 22.7 Å². The Hall–Kier alpha value is -4.34. The van der Waals surface area contributed by atoms with E-state index in [1.807, 2.05) is 75.4 Å². The Balaban J connectivity index is 1.81. The second kappa shape index (κ2) is 15.8. The summed E-state index contributed by atoms with van der Waals surface area (Å²) in [6.45, 7) is 5.75. The third kappa shape index (κ3) is 8.68. The number of nitrogens with zero attached hydrogens (tertiary/aromatic N) is 2. The number of methoxy groups -OCH3 is 1. The van der Waals surface area contributed by atoms with Crippen LogP contribution in [0, 0.1) is 13.8 Å². The molecule has 0 radical (unpaired) electrons. The van der Waals surface area contributed by atoms with Gasteiger partial charge in [-0.1, -0.05) is 96.4 Å². The van der Waals surface area contributed by atoms with Gasteiger partial charge in [-0.15, -0.1) is 0 Å². The Labute approximate surface area is 277 Å². The molecule has 0 heterocycles. The lowest BCUT2D eigenvalue weighted by atomic mass is 10.0. The molecule has 1 atom stereocenters. The molecule has 0 saturated heterocycles. The van der Waals surface area contributed by atoms with Crippen LogP contribution in [0.1, 0.15) is 35.6 Å². The van der Waals surface area contributed by atoms with Crippen molar-refractivity contribution in [3.05, 3.63) is 124 Å². The minimum Gasteiger partial charge on any atom is -0.495 e. The van der Waals surface area contributed by atoms with Gasteiger partial charge in [0.15, 0.2) is 0 Å². The number of benzene rings is 4. The minimum absolute atomic E-state index is 0.0180. The number of rotatable bonds is 14. The molecule has 8 nitrogen and oxygen atoms in total. The van der Waals surface area contributed by atoms with E-state index in [-0.39, 0.29) is 34.5 Å². The van der Waals surface area contributed by atoms with E-state index in [4.69, 9.17) is 16.3 Å². The van der Waals surface area contributed by atoms with Crippen LogP contribution >= 0.6 is 11.6 Å². The second-order valence-corrected chi connectivity index (χ2v) is 13.4. The fraction of sp³-hybridized carbons (Fsp3) is 0.278. The zero-order chi connectivity index (χ0) is 33.3. The van der Waals surface area contributed by atoms with Gasteiger partial charge >= 0.3 is 0 Å². The van der Waals surface area contributed by atoms with Gasteiger partial charge in [0.25, 0.3) is 10.0 Å². The molecule has 4 aromatic rings. The van der Waals surface area contributed by atoms with Gasteiger partial charge in [-0.05, 0) is 61.7 Å². The maximum absolute atomic E-state index is 14.5. The van der Waals surface area contributed by atoms with E-state index >= 15 is 0 Å². The van der Waals surface area contributed by atoms with Crippen molar-refractivity contribution in [1.29, 1.82) is 0 Å². The molecule has 2 amide bonds. The van der Waals surface area contributed by atoms with Crippen LogP contribution in [0.2, 0.25) is 5.02 Å². The highest BCUT2D eigenvalue weighted by Gasteiger charge is 2.34. The van der Waals surface area contributed by atoms with Gasteiger partial charge in [-0.3, -0.25) is 13.9 Å². The normalized spacial score (nSPS) is 11.8. The molecule has 0 aliphatic rings. The number of amides is 2. The predicted octanol–water partition coefficient (Wildman–Crippen LogP) is 6.33. The maximum atomic E-state index is 14.5. The van der Waals surface area contributed by atoms with Crippen LogP contribution in [0.15, 0.2) is 102 Å². The number of nitrogens with one attached hydrogen (secondary N) is 1. The van der Waals surface area contributed by atoms with Crippen LogP contribution in [0.4, 0.5) is 5.69 Å². The summed E-state index contributed by atoms with van der Waals surface area (Å²) in [6, 6.07) is 27.2. The Morgan fingerprint density at radius 2 is 1.50 bits per heavy atom. The number of carbonyl (C=O) groups is 2. The SMILES string of the molecule is CCCNC(=O)[C@@H](Cc1ccccc1)N(Cc1ccc(C)cc1)C(=O)CN(c1ccc(OC)c(Cl)c1)S(=O)(=O)c1ccc(C)cc1. The first-order valence-electron chi connectivity index (χ1n) is 15.1. The molecule has 0 fully saturated rings. The number of carbonyl (C=O) groups excluding carboxylic acids is 2. The van der Waals surface area contributed by atoms with Gasteiger partial charge < -0.3 is 15.0 Å². The minimum atomic E-state index is -4.25. The first-order valence-corrected chi connectivity index (χ1v) is 16.9. The molecule has 0 saturated carbocycles. The number of anilines is 1. The summed E-state index contributed by atoms with van der Waals surface area (Å²) in [5, 5.41) is 3.14. The molecule has 0 bridgehead atoms. The summed E-state index contributed by atoms with van der Waals surface area (Å²) >= 11 is 6.45. The molecule has 0 aromatic heterocycles. The quantitative estimate of drug-likeness (QED) is 0.171. The zero-order valence-corrected chi connectivity index (χ0v) is 28.1. The molecule has 10 heteroatoms. The van der Waals surface area contributed by atoms with Crippen molar-refractivity contribution in [3.63, 3.8) is 0 Å². The molecule has 0 unspecified atom stereocenters. The first-order chi connectivity index (χ1) is 22.0.